The van der Waals surface area contributed by atoms with Crippen LogP contribution in [0, 0.1) is 12.8 Å². The zero-order valence-electron chi connectivity index (χ0n) is 13.1. The van der Waals surface area contributed by atoms with Crippen molar-refractivity contribution in [3.8, 4) is 0 Å². The molecule has 0 atom stereocenters. The third-order valence-electron chi connectivity index (χ3n) is 4.53. The predicted octanol–water partition coefficient (Wildman–Crippen LogP) is 3.69. The number of hydrogen-bond donors (Lipinski definition) is 1. The first kappa shape index (κ1) is 14.9. The minimum Gasteiger partial charge on any atom is -0.387 e. The van der Waals surface area contributed by atoms with E-state index in [4.69, 9.17) is 0 Å². The van der Waals surface area contributed by atoms with Crippen molar-refractivity contribution in [2.24, 2.45) is 5.92 Å². The fourth-order valence-electron chi connectivity index (χ4n) is 3.04. The van der Waals surface area contributed by atoms with Gasteiger partial charge in [0.2, 0.25) is 0 Å². The number of nitrogens with zero attached hydrogens (tertiary/aromatic N) is 1. The normalized spacial score (nSPS) is 22.4. The lowest BCUT2D eigenvalue weighted by Crippen LogP contribution is -2.39. The fourth-order valence-corrected chi connectivity index (χ4v) is 3.04. The summed E-state index contributed by atoms with van der Waals surface area (Å²) in [7, 11) is 3.82. The molecule has 0 heterocycles. The maximum atomic E-state index is 12.7. The van der Waals surface area contributed by atoms with Crippen molar-refractivity contribution in [2.45, 2.75) is 45.6 Å². The summed E-state index contributed by atoms with van der Waals surface area (Å²) in [6.45, 7) is 4.35. The van der Waals surface area contributed by atoms with E-state index < -0.39 is 0 Å². The first-order valence-corrected chi connectivity index (χ1v) is 7.58. The molecule has 3 nitrogen and oxygen atoms in total. The van der Waals surface area contributed by atoms with E-state index in [1.807, 2.05) is 44.1 Å². The van der Waals surface area contributed by atoms with E-state index >= 15 is 0 Å². The molecular formula is C17H26N2O. The largest absolute Gasteiger partial charge is 0.387 e. The monoisotopic (exact) mass is 274 g/mol. The van der Waals surface area contributed by atoms with Crippen molar-refractivity contribution in [1.82, 2.24) is 4.90 Å². The Morgan fingerprint density at radius 1 is 1.25 bits per heavy atom. The molecule has 0 bridgehead atoms. The van der Waals surface area contributed by atoms with Gasteiger partial charge in [0.25, 0.3) is 5.91 Å². The zero-order valence-corrected chi connectivity index (χ0v) is 13.1. The summed E-state index contributed by atoms with van der Waals surface area (Å²) in [4.78, 5) is 14.6. The summed E-state index contributed by atoms with van der Waals surface area (Å²) in [5, 5.41) is 3.13. The van der Waals surface area contributed by atoms with Gasteiger partial charge in [-0.3, -0.25) is 4.79 Å². The van der Waals surface area contributed by atoms with E-state index in [0.717, 1.165) is 30.0 Å². The molecule has 1 aliphatic rings. The van der Waals surface area contributed by atoms with Crippen molar-refractivity contribution in [1.29, 1.82) is 0 Å². The molecule has 2 rings (SSSR count). The molecule has 1 aromatic rings. The van der Waals surface area contributed by atoms with Gasteiger partial charge < -0.3 is 10.2 Å². The van der Waals surface area contributed by atoms with Gasteiger partial charge in [0, 0.05) is 25.8 Å². The van der Waals surface area contributed by atoms with E-state index in [1.54, 1.807) is 0 Å². The molecule has 0 aliphatic heterocycles. The number of anilines is 1. The SMILES string of the molecule is CNc1cc(C)ccc1C(=O)N(C)C1CCC(C)CC1. The van der Waals surface area contributed by atoms with Crippen LogP contribution in [0.3, 0.4) is 0 Å². The minimum absolute atomic E-state index is 0.133. The number of hydrogen-bond acceptors (Lipinski definition) is 2. The van der Waals surface area contributed by atoms with Gasteiger partial charge in [-0.05, 0) is 56.2 Å². The van der Waals surface area contributed by atoms with E-state index in [2.05, 4.69) is 12.2 Å². The van der Waals surface area contributed by atoms with Crippen LogP contribution in [0.4, 0.5) is 5.69 Å². The van der Waals surface area contributed by atoms with Crippen LogP contribution in [0.2, 0.25) is 0 Å². The summed E-state index contributed by atoms with van der Waals surface area (Å²) in [6, 6.07) is 6.37. The Balaban J connectivity index is 2.14. The van der Waals surface area contributed by atoms with Crippen LogP contribution in [-0.2, 0) is 0 Å². The van der Waals surface area contributed by atoms with Crippen molar-refractivity contribution < 1.29 is 4.79 Å². The van der Waals surface area contributed by atoms with Gasteiger partial charge in [-0.1, -0.05) is 13.0 Å². The molecule has 1 fully saturated rings. The van der Waals surface area contributed by atoms with E-state index in [0.29, 0.717) is 6.04 Å². The molecule has 3 heteroatoms. The smallest absolute Gasteiger partial charge is 0.255 e. The van der Waals surface area contributed by atoms with Gasteiger partial charge in [0.15, 0.2) is 0 Å². The van der Waals surface area contributed by atoms with E-state index in [9.17, 15) is 4.79 Å². The van der Waals surface area contributed by atoms with Crippen LogP contribution in [0.1, 0.15) is 48.5 Å². The van der Waals surface area contributed by atoms with Gasteiger partial charge >= 0.3 is 0 Å². The number of amides is 1. The third-order valence-corrected chi connectivity index (χ3v) is 4.53. The summed E-state index contributed by atoms with van der Waals surface area (Å²) in [5.74, 6) is 0.941. The van der Waals surface area contributed by atoms with Crippen LogP contribution in [0.25, 0.3) is 0 Å². The number of benzene rings is 1. The third kappa shape index (κ3) is 3.14. The predicted molar refractivity (Wildman–Crippen MR) is 84.2 cm³/mol. The second-order valence-electron chi connectivity index (χ2n) is 6.13. The second kappa shape index (κ2) is 6.29. The zero-order chi connectivity index (χ0) is 14.7. The maximum absolute atomic E-state index is 12.7. The molecule has 20 heavy (non-hydrogen) atoms. The lowest BCUT2D eigenvalue weighted by atomic mass is 9.86. The standard InChI is InChI=1S/C17H26N2O/c1-12-5-8-14(9-6-12)19(4)17(20)15-10-7-13(2)11-16(15)18-3/h7,10-12,14,18H,5-6,8-9H2,1-4H3. The highest BCUT2D eigenvalue weighted by molar-refractivity contribution is 5.99. The molecule has 1 amide bonds. The fraction of sp³-hybridized carbons (Fsp3) is 0.588. The molecule has 1 aromatic carbocycles. The Morgan fingerprint density at radius 3 is 2.50 bits per heavy atom. The molecule has 1 N–H and O–H groups in total. The van der Waals surface area contributed by atoms with Crippen LogP contribution in [0.5, 0.6) is 0 Å². The molecule has 0 spiro atoms. The maximum Gasteiger partial charge on any atom is 0.255 e. The lowest BCUT2D eigenvalue weighted by molar-refractivity contribution is 0.0680. The van der Waals surface area contributed by atoms with Gasteiger partial charge in [-0.25, -0.2) is 0 Å². The number of carbonyl (C=O) groups excluding carboxylic acids is 1. The van der Waals surface area contributed by atoms with Crippen molar-refractivity contribution >= 4 is 11.6 Å². The Labute approximate surface area is 122 Å². The second-order valence-corrected chi connectivity index (χ2v) is 6.13. The van der Waals surface area contributed by atoms with Crippen molar-refractivity contribution in [3.05, 3.63) is 29.3 Å². The van der Waals surface area contributed by atoms with Gasteiger partial charge in [-0.2, -0.15) is 0 Å². The molecule has 0 radical (unpaired) electrons. The van der Waals surface area contributed by atoms with E-state index in [1.165, 1.54) is 18.4 Å². The summed E-state index contributed by atoms with van der Waals surface area (Å²) >= 11 is 0. The molecule has 0 unspecified atom stereocenters. The molecular weight excluding hydrogens is 248 g/mol. The Hall–Kier alpha value is -1.51. The molecule has 1 saturated carbocycles. The van der Waals surface area contributed by atoms with Crippen LogP contribution >= 0.6 is 0 Å². The number of aryl methyl sites for hydroxylation is 1. The molecule has 110 valence electrons. The van der Waals surface area contributed by atoms with Crippen LogP contribution in [0.15, 0.2) is 18.2 Å². The van der Waals surface area contributed by atoms with Gasteiger partial charge in [0.05, 0.1) is 5.56 Å². The Bertz CT molecular complexity index is 476. The highest BCUT2D eigenvalue weighted by Gasteiger charge is 2.26. The van der Waals surface area contributed by atoms with Gasteiger partial charge in [-0.15, -0.1) is 0 Å². The van der Waals surface area contributed by atoms with Crippen LogP contribution < -0.4 is 5.32 Å². The first-order valence-electron chi connectivity index (χ1n) is 7.58. The Kier molecular flexibility index (Phi) is 4.69. The van der Waals surface area contributed by atoms with Crippen molar-refractivity contribution in [3.63, 3.8) is 0 Å². The first-order chi connectivity index (χ1) is 9.52. The average molecular weight is 274 g/mol. The van der Waals surface area contributed by atoms with E-state index in [-0.39, 0.29) is 5.91 Å². The number of rotatable bonds is 3. The summed E-state index contributed by atoms with van der Waals surface area (Å²) in [6.07, 6.45) is 4.72. The Morgan fingerprint density at radius 2 is 1.90 bits per heavy atom. The minimum atomic E-state index is 0.133. The topological polar surface area (TPSA) is 32.3 Å². The highest BCUT2D eigenvalue weighted by atomic mass is 16.2. The molecule has 1 aliphatic carbocycles. The molecule has 0 saturated heterocycles. The van der Waals surface area contributed by atoms with Crippen molar-refractivity contribution in [2.75, 3.05) is 19.4 Å². The lowest BCUT2D eigenvalue weighted by Gasteiger charge is -2.34. The number of nitrogens with one attached hydrogen (secondary N) is 1. The molecule has 0 aromatic heterocycles. The average Bonchev–Trinajstić information content (AvgIpc) is 2.46. The summed E-state index contributed by atoms with van der Waals surface area (Å²) < 4.78 is 0. The summed E-state index contributed by atoms with van der Waals surface area (Å²) in [5.41, 5.74) is 2.87. The van der Waals surface area contributed by atoms with Gasteiger partial charge in [0.1, 0.15) is 0 Å². The highest BCUT2D eigenvalue weighted by Crippen LogP contribution is 2.28. The number of carbonyl (C=O) groups is 1. The quantitative estimate of drug-likeness (QED) is 0.911. The van der Waals surface area contributed by atoms with Crippen LogP contribution in [-0.4, -0.2) is 30.9 Å².